The highest BCUT2D eigenvalue weighted by molar-refractivity contribution is 6.32. The first kappa shape index (κ1) is 25.3. The molecule has 0 fully saturated rings. The molecule has 156 valence electrons. The highest BCUT2D eigenvalue weighted by Crippen LogP contribution is 2.14. The van der Waals surface area contributed by atoms with Crippen LogP contribution in [0, 0.1) is 0 Å². The van der Waals surface area contributed by atoms with E-state index in [0.29, 0.717) is 12.8 Å². The highest BCUT2D eigenvalue weighted by atomic mass is 16.4. The molecule has 0 bridgehead atoms. The van der Waals surface area contributed by atoms with Crippen molar-refractivity contribution in [3.05, 3.63) is 0 Å². The second-order valence-corrected chi connectivity index (χ2v) is 7.26. The number of ketones is 2. The fourth-order valence-corrected chi connectivity index (χ4v) is 3.08. The van der Waals surface area contributed by atoms with Gasteiger partial charge in [-0.05, 0) is 12.8 Å². The van der Waals surface area contributed by atoms with Crippen LogP contribution >= 0.6 is 0 Å². The number of aliphatic carboxylic acids is 2. The third-order valence-corrected chi connectivity index (χ3v) is 4.78. The summed E-state index contributed by atoms with van der Waals surface area (Å²) >= 11 is 0. The summed E-state index contributed by atoms with van der Waals surface area (Å²) < 4.78 is 0. The third-order valence-electron chi connectivity index (χ3n) is 4.78. The van der Waals surface area contributed by atoms with Crippen LogP contribution in [0.25, 0.3) is 0 Å². The van der Waals surface area contributed by atoms with Gasteiger partial charge in [0.05, 0.1) is 0 Å². The van der Waals surface area contributed by atoms with E-state index in [4.69, 9.17) is 10.2 Å². The molecule has 0 saturated carbocycles. The van der Waals surface area contributed by atoms with Gasteiger partial charge < -0.3 is 10.2 Å². The second-order valence-electron chi connectivity index (χ2n) is 7.26. The van der Waals surface area contributed by atoms with Crippen molar-refractivity contribution in [3.8, 4) is 0 Å². The minimum Gasteiger partial charge on any atom is -0.476 e. The van der Waals surface area contributed by atoms with Crippen LogP contribution < -0.4 is 0 Å². The molecule has 0 amide bonds. The number of hydrogen-bond acceptors (Lipinski definition) is 4. The number of hydrogen-bond donors (Lipinski definition) is 2. The summed E-state index contributed by atoms with van der Waals surface area (Å²) in [5.41, 5.74) is 0. The Hall–Kier alpha value is -1.72. The number of carboxylic acids is 2. The van der Waals surface area contributed by atoms with E-state index in [9.17, 15) is 19.2 Å². The van der Waals surface area contributed by atoms with E-state index in [1.165, 1.54) is 44.9 Å². The van der Waals surface area contributed by atoms with Gasteiger partial charge in [0.1, 0.15) is 0 Å². The number of carbonyl (C=O) groups excluding carboxylic acids is 2. The van der Waals surface area contributed by atoms with Crippen LogP contribution in [0.5, 0.6) is 0 Å². The Morgan fingerprint density at radius 2 is 0.556 bits per heavy atom. The highest BCUT2D eigenvalue weighted by Gasteiger charge is 2.10. The van der Waals surface area contributed by atoms with Crippen molar-refractivity contribution >= 4 is 23.5 Å². The predicted octanol–water partition coefficient (Wildman–Crippen LogP) is 4.93. The van der Waals surface area contributed by atoms with E-state index in [-0.39, 0.29) is 12.8 Å². The zero-order valence-electron chi connectivity index (χ0n) is 16.5. The SMILES string of the molecule is O=C(O)C(=O)CCCCCCCCCCCCCCCCCC(=O)C(=O)O. The molecule has 0 aliphatic heterocycles. The fourth-order valence-electron chi connectivity index (χ4n) is 3.08. The van der Waals surface area contributed by atoms with E-state index in [0.717, 1.165) is 38.5 Å². The van der Waals surface area contributed by atoms with Crippen molar-refractivity contribution in [2.24, 2.45) is 0 Å². The number of carbonyl (C=O) groups is 4. The number of carboxylic acid groups (broad SMARTS) is 2. The van der Waals surface area contributed by atoms with E-state index < -0.39 is 23.5 Å². The van der Waals surface area contributed by atoms with Crippen LogP contribution in [0.4, 0.5) is 0 Å². The molecule has 0 aromatic rings. The van der Waals surface area contributed by atoms with E-state index >= 15 is 0 Å². The van der Waals surface area contributed by atoms with Gasteiger partial charge >= 0.3 is 11.9 Å². The topological polar surface area (TPSA) is 109 Å². The summed E-state index contributed by atoms with van der Waals surface area (Å²) in [6.45, 7) is 0. The average Bonchev–Trinajstić information content (AvgIpc) is 2.63. The number of Topliss-reactive ketones (excluding diaryl/α,β-unsaturated/α-hetero) is 2. The summed E-state index contributed by atoms with van der Waals surface area (Å²) in [5, 5.41) is 16.9. The van der Waals surface area contributed by atoms with Crippen LogP contribution in [0.3, 0.4) is 0 Å². The molecule has 0 saturated heterocycles. The molecule has 6 heteroatoms. The monoisotopic (exact) mass is 384 g/mol. The standard InChI is InChI=1S/C21H36O6/c22-18(20(24)25)16-14-12-10-8-6-4-2-1-3-5-7-9-11-13-15-17-19(23)21(26)27/h1-17H2,(H,24,25)(H,26,27). The lowest BCUT2D eigenvalue weighted by molar-refractivity contribution is -0.149. The maximum absolute atomic E-state index is 10.9. The summed E-state index contributed by atoms with van der Waals surface area (Å²) in [5.74, 6) is -3.99. The van der Waals surface area contributed by atoms with Crippen molar-refractivity contribution in [1.29, 1.82) is 0 Å². The van der Waals surface area contributed by atoms with Crippen LogP contribution in [0.1, 0.15) is 109 Å². The maximum atomic E-state index is 10.9. The van der Waals surface area contributed by atoms with Gasteiger partial charge in [0, 0.05) is 12.8 Å². The van der Waals surface area contributed by atoms with Crippen molar-refractivity contribution in [2.75, 3.05) is 0 Å². The summed E-state index contributed by atoms with van der Waals surface area (Å²) in [6, 6.07) is 0. The van der Waals surface area contributed by atoms with Gasteiger partial charge in [-0.3, -0.25) is 9.59 Å². The Morgan fingerprint density at radius 1 is 0.370 bits per heavy atom. The Labute approximate surface area is 162 Å². The van der Waals surface area contributed by atoms with Crippen molar-refractivity contribution in [1.82, 2.24) is 0 Å². The molecule has 27 heavy (non-hydrogen) atoms. The molecular weight excluding hydrogens is 348 g/mol. The third kappa shape index (κ3) is 17.5. The lowest BCUT2D eigenvalue weighted by atomic mass is 10.0. The summed E-state index contributed by atoms with van der Waals surface area (Å²) in [6.07, 6.45) is 16.7. The molecule has 0 unspecified atom stereocenters. The molecule has 0 rings (SSSR count). The molecule has 0 aliphatic carbocycles. The number of rotatable bonds is 20. The number of unbranched alkanes of at least 4 members (excludes halogenated alkanes) is 14. The van der Waals surface area contributed by atoms with Gasteiger partial charge in [-0.1, -0.05) is 83.5 Å². The quantitative estimate of drug-likeness (QED) is 0.228. The fraction of sp³-hybridized carbons (Fsp3) is 0.810. The molecule has 0 aromatic carbocycles. The minimum atomic E-state index is -1.32. The molecule has 0 aliphatic rings. The first-order valence-corrected chi connectivity index (χ1v) is 10.5. The predicted molar refractivity (Wildman–Crippen MR) is 104 cm³/mol. The van der Waals surface area contributed by atoms with Crippen molar-refractivity contribution in [3.63, 3.8) is 0 Å². The second kappa shape index (κ2) is 17.7. The van der Waals surface area contributed by atoms with Gasteiger partial charge in [-0.2, -0.15) is 0 Å². The van der Waals surface area contributed by atoms with Gasteiger partial charge in [0.25, 0.3) is 0 Å². The van der Waals surface area contributed by atoms with Gasteiger partial charge in [0.2, 0.25) is 11.6 Å². The van der Waals surface area contributed by atoms with Crippen LogP contribution in [-0.2, 0) is 19.2 Å². The average molecular weight is 385 g/mol. The Balaban J connectivity index is 3.15. The first-order chi connectivity index (χ1) is 12.9. The van der Waals surface area contributed by atoms with Crippen molar-refractivity contribution in [2.45, 2.75) is 109 Å². The first-order valence-electron chi connectivity index (χ1n) is 10.5. The Kier molecular flexibility index (Phi) is 16.6. The lowest BCUT2D eigenvalue weighted by Gasteiger charge is -2.03. The largest absolute Gasteiger partial charge is 0.476 e. The van der Waals surface area contributed by atoms with Gasteiger partial charge in [-0.15, -0.1) is 0 Å². The molecular formula is C21H36O6. The minimum absolute atomic E-state index is 0.162. The van der Waals surface area contributed by atoms with Crippen LogP contribution in [0.2, 0.25) is 0 Å². The maximum Gasteiger partial charge on any atom is 0.372 e. The van der Waals surface area contributed by atoms with E-state index in [1.54, 1.807) is 0 Å². The van der Waals surface area contributed by atoms with E-state index in [1.807, 2.05) is 0 Å². The lowest BCUT2D eigenvalue weighted by Crippen LogP contribution is -2.11. The van der Waals surface area contributed by atoms with Crippen LogP contribution in [0.15, 0.2) is 0 Å². The Bertz CT molecular complexity index is 404. The molecule has 0 radical (unpaired) electrons. The molecule has 2 N–H and O–H groups in total. The Morgan fingerprint density at radius 3 is 0.741 bits per heavy atom. The molecule has 0 atom stereocenters. The summed E-state index contributed by atoms with van der Waals surface area (Å²) in [7, 11) is 0. The van der Waals surface area contributed by atoms with Crippen molar-refractivity contribution < 1.29 is 29.4 Å². The van der Waals surface area contributed by atoms with E-state index in [2.05, 4.69) is 0 Å². The normalized spacial score (nSPS) is 10.7. The molecule has 0 aromatic heterocycles. The van der Waals surface area contributed by atoms with Gasteiger partial charge in [-0.25, -0.2) is 9.59 Å². The smallest absolute Gasteiger partial charge is 0.372 e. The zero-order chi connectivity index (χ0) is 20.3. The zero-order valence-corrected chi connectivity index (χ0v) is 16.5. The van der Waals surface area contributed by atoms with Crippen LogP contribution in [-0.4, -0.2) is 33.7 Å². The molecule has 6 nitrogen and oxygen atoms in total. The van der Waals surface area contributed by atoms with Gasteiger partial charge in [0.15, 0.2) is 0 Å². The molecule has 0 spiro atoms. The summed E-state index contributed by atoms with van der Waals surface area (Å²) in [4.78, 5) is 42.5. The molecule has 0 heterocycles.